The van der Waals surface area contributed by atoms with E-state index in [4.69, 9.17) is 21.3 Å². The van der Waals surface area contributed by atoms with Crippen molar-refractivity contribution in [1.82, 2.24) is 19.8 Å². The molecule has 6 nitrogen and oxygen atoms in total. The van der Waals surface area contributed by atoms with Crippen LogP contribution in [0.15, 0.2) is 72.9 Å². The highest BCUT2D eigenvalue weighted by molar-refractivity contribution is 7.18. The Hall–Kier alpha value is -3.39. The fourth-order valence-corrected chi connectivity index (χ4v) is 7.05. The monoisotopic (exact) mass is 572 g/mol. The molecule has 2 aromatic heterocycles. The van der Waals surface area contributed by atoms with Gasteiger partial charge in [-0.1, -0.05) is 48.0 Å². The van der Waals surface area contributed by atoms with Gasteiger partial charge in [0.2, 0.25) is 0 Å². The first-order valence-corrected chi connectivity index (χ1v) is 15.0. The van der Waals surface area contributed by atoms with Crippen LogP contribution in [-0.2, 0) is 13.1 Å². The van der Waals surface area contributed by atoms with E-state index < -0.39 is 0 Å². The molecule has 1 aliphatic heterocycles. The van der Waals surface area contributed by atoms with Gasteiger partial charge in [0.15, 0.2) is 0 Å². The molecule has 6 rings (SSSR count). The van der Waals surface area contributed by atoms with Crippen molar-refractivity contribution in [2.45, 2.75) is 38.3 Å². The van der Waals surface area contributed by atoms with Gasteiger partial charge in [0, 0.05) is 35.6 Å². The molecule has 0 atom stereocenters. The third-order valence-electron chi connectivity index (χ3n) is 7.79. The number of amides is 1. The summed E-state index contributed by atoms with van der Waals surface area (Å²) < 4.78 is 9.15. The SMILES string of the molecule is COc1cccc2c(C(=O)NCc3cccc(Cl)c3)cn(CCCN3CCC(c4nc5ccccc5s4)CC3)c12. The predicted molar refractivity (Wildman–Crippen MR) is 164 cm³/mol. The number of hydrogen-bond acceptors (Lipinski definition) is 5. The normalized spacial score (nSPS) is 14.7. The molecule has 40 heavy (non-hydrogen) atoms. The fourth-order valence-electron chi connectivity index (χ4n) is 5.71. The van der Waals surface area contributed by atoms with E-state index in [1.807, 2.05) is 60.0 Å². The van der Waals surface area contributed by atoms with E-state index >= 15 is 0 Å². The zero-order chi connectivity index (χ0) is 27.5. The van der Waals surface area contributed by atoms with Gasteiger partial charge < -0.3 is 19.5 Å². The Morgan fingerprint density at radius 2 is 1.90 bits per heavy atom. The minimum atomic E-state index is -0.103. The zero-order valence-corrected chi connectivity index (χ0v) is 24.2. The van der Waals surface area contributed by atoms with Crippen LogP contribution in [0.1, 0.15) is 46.1 Å². The number of piperidine rings is 1. The highest BCUT2D eigenvalue weighted by atomic mass is 35.5. The van der Waals surface area contributed by atoms with Crippen LogP contribution in [0.25, 0.3) is 21.1 Å². The Kier molecular flexibility index (Phi) is 8.05. The van der Waals surface area contributed by atoms with Crippen LogP contribution in [0.4, 0.5) is 0 Å². The maximum absolute atomic E-state index is 13.2. The first-order valence-electron chi connectivity index (χ1n) is 13.9. The van der Waals surface area contributed by atoms with Gasteiger partial charge >= 0.3 is 0 Å². The van der Waals surface area contributed by atoms with Crippen molar-refractivity contribution in [3.8, 4) is 5.75 Å². The largest absolute Gasteiger partial charge is 0.495 e. The number of methoxy groups -OCH3 is 1. The minimum Gasteiger partial charge on any atom is -0.495 e. The Labute approximate surface area is 243 Å². The Bertz CT molecular complexity index is 1600. The van der Waals surface area contributed by atoms with Gasteiger partial charge in [-0.05, 0) is 74.8 Å². The van der Waals surface area contributed by atoms with Gasteiger partial charge in [0.1, 0.15) is 5.75 Å². The molecule has 1 N–H and O–H groups in total. The lowest BCUT2D eigenvalue weighted by atomic mass is 9.97. The van der Waals surface area contributed by atoms with Crippen LogP contribution in [0.5, 0.6) is 5.75 Å². The number of fused-ring (bicyclic) bond motifs is 2. The number of benzene rings is 3. The lowest BCUT2D eigenvalue weighted by molar-refractivity contribution is 0.0952. The van der Waals surface area contributed by atoms with E-state index in [2.05, 4.69) is 39.0 Å². The van der Waals surface area contributed by atoms with Gasteiger partial charge in [-0.25, -0.2) is 4.98 Å². The Morgan fingerprint density at radius 3 is 2.70 bits per heavy atom. The van der Waals surface area contributed by atoms with E-state index in [1.165, 1.54) is 9.71 Å². The Morgan fingerprint density at radius 1 is 1.07 bits per heavy atom. The smallest absolute Gasteiger partial charge is 0.253 e. The molecule has 0 radical (unpaired) electrons. The number of hydrogen-bond donors (Lipinski definition) is 1. The van der Waals surface area contributed by atoms with Crippen molar-refractivity contribution < 1.29 is 9.53 Å². The summed E-state index contributed by atoms with van der Waals surface area (Å²) in [6, 6.07) is 21.9. The molecule has 0 saturated carbocycles. The van der Waals surface area contributed by atoms with Gasteiger partial charge in [-0.15, -0.1) is 11.3 Å². The number of nitrogens with zero attached hydrogens (tertiary/aromatic N) is 3. The number of thiazole rings is 1. The molecule has 1 amide bonds. The number of carbonyl (C=O) groups is 1. The van der Waals surface area contributed by atoms with Crippen LogP contribution in [0.3, 0.4) is 0 Å². The number of likely N-dealkylation sites (tertiary alicyclic amines) is 1. The molecule has 206 valence electrons. The van der Waals surface area contributed by atoms with Crippen LogP contribution >= 0.6 is 22.9 Å². The summed E-state index contributed by atoms with van der Waals surface area (Å²) in [7, 11) is 1.68. The first kappa shape index (κ1) is 26.8. The summed E-state index contributed by atoms with van der Waals surface area (Å²) in [4.78, 5) is 20.7. The third-order valence-corrected chi connectivity index (χ3v) is 9.22. The fraction of sp³-hybridized carbons (Fsp3) is 0.312. The second-order valence-electron chi connectivity index (χ2n) is 10.4. The molecule has 3 aromatic carbocycles. The average molecular weight is 573 g/mol. The number of para-hydroxylation sites is 2. The summed E-state index contributed by atoms with van der Waals surface area (Å²) in [5, 5.41) is 5.90. The topological polar surface area (TPSA) is 59.4 Å². The molecule has 0 unspecified atom stereocenters. The lowest BCUT2D eigenvalue weighted by Gasteiger charge is -2.31. The second-order valence-corrected chi connectivity index (χ2v) is 11.9. The lowest BCUT2D eigenvalue weighted by Crippen LogP contribution is -2.34. The van der Waals surface area contributed by atoms with E-state index in [-0.39, 0.29) is 5.91 Å². The highest BCUT2D eigenvalue weighted by Crippen LogP contribution is 2.34. The summed E-state index contributed by atoms with van der Waals surface area (Å²) in [6.07, 6.45) is 5.27. The standard InChI is InChI=1S/C32H33ClN4O2S/c1-39-28-11-5-9-25-26(31(38)34-20-22-7-4-8-24(33)19-22)21-37(30(25)28)16-6-15-36-17-13-23(14-18-36)32-35-27-10-2-3-12-29(27)40-32/h2-5,7-12,19,21,23H,6,13-18,20H2,1H3,(H,34,38). The van der Waals surface area contributed by atoms with Gasteiger partial charge in [-0.3, -0.25) is 4.79 Å². The molecule has 0 bridgehead atoms. The summed E-state index contributed by atoms with van der Waals surface area (Å²) in [6.45, 7) is 4.44. The first-order chi connectivity index (χ1) is 19.6. The minimum absolute atomic E-state index is 0.103. The molecule has 8 heteroatoms. The molecule has 0 aliphatic carbocycles. The van der Waals surface area contributed by atoms with Crippen LogP contribution < -0.4 is 10.1 Å². The van der Waals surface area contributed by atoms with E-state index in [0.717, 1.165) is 73.2 Å². The third kappa shape index (κ3) is 5.73. The zero-order valence-electron chi connectivity index (χ0n) is 22.6. The molecule has 1 fully saturated rings. The molecule has 1 aliphatic rings. The van der Waals surface area contributed by atoms with Crippen molar-refractivity contribution in [2.24, 2.45) is 0 Å². The van der Waals surface area contributed by atoms with E-state index in [1.54, 1.807) is 7.11 Å². The van der Waals surface area contributed by atoms with Crippen LogP contribution in [-0.4, -0.2) is 47.1 Å². The molecule has 0 spiro atoms. The number of nitrogens with one attached hydrogen (secondary N) is 1. The van der Waals surface area contributed by atoms with Gasteiger partial charge in [0.25, 0.3) is 5.91 Å². The summed E-state index contributed by atoms with van der Waals surface area (Å²) in [5.74, 6) is 1.23. The second kappa shape index (κ2) is 12.0. The highest BCUT2D eigenvalue weighted by Gasteiger charge is 2.23. The molecular weight excluding hydrogens is 540 g/mol. The maximum atomic E-state index is 13.2. The van der Waals surface area contributed by atoms with Crippen molar-refractivity contribution >= 4 is 50.0 Å². The quantitative estimate of drug-likeness (QED) is 0.204. The molecule has 1 saturated heterocycles. The van der Waals surface area contributed by atoms with Crippen molar-refractivity contribution in [1.29, 1.82) is 0 Å². The van der Waals surface area contributed by atoms with Crippen molar-refractivity contribution in [3.63, 3.8) is 0 Å². The van der Waals surface area contributed by atoms with E-state index in [0.29, 0.717) is 23.0 Å². The van der Waals surface area contributed by atoms with E-state index in [9.17, 15) is 4.79 Å². The van der Waals surface area contributed by atoms with Gasteiger partial charge in [0.05, 0.1) is 33.4 Å². The van der Waals surface area contributed by atoms with Crippen LogP contribution in [0, 0.1) is 0 Å². The number of aromatic nitrogens is 2. The van der Waals surface area contributed by atoms with Crippen molar-refractivity contribution in [2.75, 3.05) is 26.7 Å². The Balaban J connectivity index is 1.09. The van der Waals surface area contributed by atoms with Crippen molar-refractivity contribution in [3.05, 3.63) is 94.1 Å². The van der Waals surface area contributed by atoms with Gasteiger partial charge in [-0.2, -0.15) is 0 Å². The molecular formula is C32H33ClN4O2S. The molecule has 5 aromatic rings. The number of rotatable bonds is 9. The number of ether oxygens (including phenoxy) is 1. The summed E-state index contributed by atoms with van der Waals surface area (Å²) in [5.41, 5.74) is 3.71. The number of aryl methyl sites for hydroxylation is 1. The molecule has 3 heterocycles. The maximum Gasteiger partial charge on any atom is 0.253 e. The number of carbonyl (C=O) groups excluding carboxylic acids is 1. The number of halogens is 1. The summed E-state index contributed by atoms with van der Waals surface area (Å²) >= 11 is 7.96. The van der Waals surface area contributed by atoms with Crippen LogP contribution in [0.2, 0.25) is 5.02 Å². The predicted octanol–water partition coefficient (Wildman–Crippen LogP) is 7.11. The average Bonchev–Trinajstić information content (AvgIpc) is 3.58.